The Kier molecular flexibility index (Phi) is 5.29. The zero-order valence-electron chi connectivity index (χ0n) is 13.4. The smallest absolute Gasteiger partial charge is 0.119 e. The van der Waals surface area contributed by atoms with E-state index in [-0.39, 0.29) is 0 Å². The van der Waals surface area contributed by atoms with Gasteiger partial charge in [-0.25, -0.2) is 0 Å². The zero-order chi connectivity index (χ0) is 16.8. The lowest BCUT2D eigenvalue weighted by atomic mass is 10.1. The highest BCUT2D eigenvalue weighted by atomic mass is 35.5. The van der Waals surface area contributed by atoms with E-state index in [2.05, 4.69) is 29.3 Å². The monoisotopic (exact) mass is 335 g/mol. The van der Waals surface area contributed by atoms with Gasteiger partial charge in [0.2, 0.25) is 0 Å². The summed E-state index contributed by atoms with van der Waals surface area (Å²) >= 11 is 6.39. The Morgan fingerprint density at radius 2 is 1.75 bits per heavy atom. The Morgan fingerprint density at radius 1 is 1.00 bits per heavy atom. The standard InChI is InChI=1S/C21H18ClNO/c1-2-24-20-11-9-19(10-12-20)23-14-13-21(22)18-8-7-16-5-3-4-6-17(16)15-18/h3-15H,2H2,1H3/b21-13-,23-14?. The third kappa shape index (κ3) is 4.03. The van der Waals surface area contributed by atoms with Crippen LogP contribution in [0.15, 0.2) is 77.8 Å². The van der Waals surface area contributed by atoms with Crippen molar-refractivity contribution in [1.29, 1.82) is 0 Å². The molecule has 120 valence electrons. The first-order valence-electron chi connectivity index (χ1n) is 7.88. The van der Waals surface area contributed by atoms with E-state index < -0.39 is 0 Å². The lowest BCUT2D eigenvalue weighted by Gasteiger charge is -2.02. The molecule has 3 rings (SSSR count). The molecule has 0 heterocycles. The number of aliphatic imine (C=N–C) groups is 1. The summed E-state index contributed by atoms with van der Waals surface area (Å²) in [4.78, 5) is 4.39. The first-order chi connectivity index (χ1) is 11.8. The summed E-state index contributed by atoms with van der Waals surface area (Å²) in [6.45, 7) is 2.62. The van der Waals surface area contributed by atoms with E-state index in [0.717, 1.165) is 17.0 Å². The first kappa shape index (κ1) is 16.3. The number of rotatable bonds is 5. The van der Waals surface area contributed by atoms with Gasteiger partial charge in [0.1, 0.15) is 5.75 Å². The van der Waals surface area contributed by atoms with Gasteiger partial charge in [0, 0.05) is 11.2 Å². The van der Waals surface area contributed by atoms with Crippen LogP contribution in [0.5, 0.6) is 5.75 Å². The van der Waals surface area contributed by atoms with Crippen molar-refractivity contribution >= 4 is 39.3 Å². The van der Waals surface area contributed by atoms with Crippen LogP contribution in [0.4, 0.5) is 5.69 Å². The predicted octanol–water partition coefficient (Wildman–Crippen LogP) is 6.22. The van der Waals surface area contributed by atoms with E-state index in [1.807, 2.05) is 55.5 Å². The number of hydrogen-bond acceptors (Lipinski definition) is 2. The summed E-state index contributed by atoms with van der Waals surface area (Å²) in [7, 11) is 0. The van der Waals surface area contributed by atoms with Crippen molar-refractivity contribution < 1.29 is 4.74 Å². The second-order valence-corrected chi connectivity index (χ2v) is 5.69. The number of halogens is 1. The van der Waals surface area contributed by atoms with Crippen LogP contribution >= 0.6 is 11.6 Å². The van der Waals surface area contributed by atoms with Crippen LogP contribution in [0.25, 0.3) is 15.8 Å². The van der Waals surface area contributed by atoms with Gasteiger partial charge in [0.15, 0.2) is 0 Å². The molecule has 0 radical (unpaired) electrons. The van der Waals surface area contributed by atoms with Crippen LogP contribution in [0, 0.1) is 0 Å². The minimum absolute atomic E-state index is 0.659. The number of fused-ring (bicyclic) bond motifs is 1. The molecule has 0 aliphatic rings. The first-order valence-corrected chi connectivity index (χ1v) is 8.26. The number of allylic oxidation sites excluding steroid dienone is 1. The van der Waals surface area contributed by atoms with E-state index >= 15 is 0 Å². The fourth-order valence-corrected chi connectivity index (χ4v) is 2.59. The third-order valence-electron chi connectivity index (χ3n) is 3.62. The number of benzene rings is 3. The largest absolute Gasteiger partial charge is 0.494 e. The lowest BCUT2D eigenvalue weighted by Crippen LogP contribution is -1.89. The van der Waals surface area contributed by atoms with Crippen LogP contribution < -0.4 is 4.74 Å². The molecule has 0 aliphatic carbocycles. The molecule has 0 N–H and O–H groups in total. The van der Waals surface area contributed by atoms with E-state index in [9.17, 15) is 0 Å². The van der Waals surface area contributed by atoms with Crippen LogP contribution in [-0.4, -0.2) is 12.8 Å². The molecule has 0 spiro atoms. The summed E-state index contributed by atoms with van der Waals surface area (Å²) in [5, 5.41) is 3.04. The molecule has 0 saturated heterocycles. The molecule has 0 aromatic heterocycles. The molecule has 2 nitrogen and oxygen atoms in total. The van der Waals surface area contributed by atoms with Crippen molar-refractivity contribution in [3.05, 3.63) is 78.4 Å². The molecule has 3 heteroatoms. The maximum Gasteiger partial charge on any atom is 0.119 e. The topological polar surface area (TPSA) is 21.6 Å². The number of nitrogens with zero attached hydrogens (tertiary/aromatic N) is 1. The molecule has 0 aliphatic heterocycles. The predicted molar refractivity (Wildman–Crippen MR) is 104 cm³/mol. The van der Waals surface area contributed by atoms with Crippen LogP contribution in [0.2, 0.25) is 0 Å². The van der Waals surface area contributed by atoms with Gasteiger partial charge < -0.3 is 4.74 Å². The second kappa shape index (κ2) is 7.80. The highest BCUT2D eigenvalue weighted by Crippen LogP contribution is 2.24. The Bertz CT molecular complexity index is 882. The van der Waals surface area contributed by atoms with Gasteiger partial charge >= 0.3 is 0 Å². The van der Waals surface area contributed by atoms with E-state index in [1.54, 1.807) is 6.21 Å². The summed E-state index contributed by atoms with van der Waals surface area (Å²) in [5.74, 6) is 0.848. The molecule has 3 aromatic carbocycles. The second-order valence-electron chi connectivity index (χ2n) is 5.28. The van der Waals surface area contributed by atoms with E-state index in [1.165, 1.54) is 10.8 Å². The average molecular weight is 336 g/mol. The van der Waals surface area contributed by atoms with Gasteiger partial charge in [-0.3, -0.25) is 4.99 Å². The number of hydrogen-bond donors (Lipinski definition) is 0. The minimum Gasteiger partial charge on any atom is -0.494 e. The molecule has 0 fully saturated rings. The summed E-state index contributed by atoms with van der Waals surface area (Å²) in [6.07, 6.45) is 3.52. The van der Waals surface area contributed by atoms with Crippen LogP contribution in [-0.2, 0) is 0 Å². The van der Waals surface area contributed by atoms with Crippen molar-refractivity contribution in [2.75, 3.05) is 6.61 Å². The van der Waals surface area contributed by atoms with Crippen molar-refractivity contribution in [1.82, 2.24) is 0 Å². The molecular formula is C21H18ClNO. The van der Waals surface area contributed by atoms with Crippen molar-refractivity contribution in [2.24, 2.45) is 4.99 Å². The van der Waals surface area contributed by atoms with Crippen LogP contribution in [0.1, 0.15) is 12.5 Å². The zero-order valence-corrected chi connectivity index (χ0v) is 14.2. The average Bonchev–Trinajstić information content (AvgIpc) is 2.63. The highest BCUT2D eigenvalue weighted by molar-refractivity contribution is 6.49. The summed E-state index contributed by atoms with van der Waals surface area (Å²) in [5.41, 5.74) is 1.84. The van der Waals surface area contributed by atoms with Gasteiger partial charge in [-0.2, -0.15) is 0 Å². The molecule has 0 bridgehead atoms. The molecule has 0 saturated carbocycles. The Hall–Kier alpha value is -2.58. The highest BCUT2D eigenvalue weighted by Gasteiger charge is 1.99. The quantitative estimate of drug-likeness (QED) is 0.507. The van der Waals surface area contributed by atoms with Gasteiger partial charge in [0.25, 0.3) is 0 Å². The Balaban J connectivity index is 1.74. The minimum atomic E-state index is 0.659. The normalized spacial score (nSPS) is 12.0. The fraction of sp³-hybridized carbons (Fsp3) is 0.0952. The number of ether oxygens (including phenoxy) is 1. The molecule has 0 unspecified atom stereocenters. The van der Waals surface area contributed by atoms with Gasteiger partial charge in [-0.05, 0) is 59.7 Å². The van der Waals surface area contributed by atoms with Crippen LogP contribution in [0.3, 0.4) is 0 Å². The fourth-order valence-electron chi connectivity index (χ4n) is 2.42. The Labute approximate surface area is 147 Å². The summed E-state index contributed by atoms with van der Waals surface area (Å²) in [6, 6.07) is 22.0. The Morgan fingerprint density at radius 3 is 2.50 bits per heavy atom. The SMILES string of the molecule is CCOc1ccc(N=C/C=C(\Cl)c2ccc3ccccc3c2)cc1. The van der Waals surface area contributed by atoms with Gasteiger partial charge in [-0.1, -0.05) is 48.0 Å². The molecular weight excluding hydrogens is 318 g/mol. The molecule has 24 heavy (non-hydrogen) atoms. The molecule has 3 aromatic rings. The van der Waals surface area contributed by atoms with Gasteiger partial charge in [0.05, 0.1) is 12.3 Å². The van der Waals surface area contributed by atoms with Crippen molar-refractivity contribution in [3.63, 3.8) is 0 Å². The maximum atomic E-state index is 6.39. The van der Waals surface area contributed by atoms with E-state index in [0.29, 0.717) is 11.6 Å². The van der Waals surface area contributed by atoms with E-state index in [4.69, 9.17) is 16.3 Å². The summed E-state index contributed by atoms with van der Waals surface area (Å²) < 4.78 is 5.41. The van der Waals surface area contributed by atoms with Crippen molar-refractivity contribution in [3.8, 4) is 5.75 Å². The third-order valence-corrected chi connectivity index (χ3v) is 3.96. The lowest BCUT2D eigenvalue weighted by molar-refractivity contribution is 0.340. The molecule has 0 atom stereocenters. The maximum absolute atomic E-state index is 6.39. The van der Waals surface area contributed by atoms with Crippen molar-refractivity contribution in [2.45, 2.75) is 6.92 Å². The molecule has 0 amide bonds. The van der Waals surface area contributed by atoms with Gasteiger partial charge in [-0.15, -0.1) is 0 Å².